The molecule has 0 aliphatic carbocycles. The van der Waals surface area contributed by atoms with Gasteiger partial charge < -0.3 is 14.4 Å². The molecule has 0 spiro atoms. The molecular formula is C22H34N4O5. The number of hydrazine groups is 1. The molecule has 0 saturated carbocycles. The molecule has 1 atom stereocenters. The van der Waals surface area contributed by atoms with Crippen molar-refractivity contribution in [3.63, 3.8) is 0 Å². The zero-order chi connectivity index (χ0) is 23.4. The molecule has 0 N–H and O–H groups in total. The van der Waals surface area contributed by atoms with E-state index in [0.29, 0.717) is 13.1 Å². The summed E-state index contributed by atoms with van der Waals surface area (Å²) in [4.78, 5) is 38.5. The highest BCUT2D eigenvalue weighted by atomic mass is 16.6. The molecular weight excluding hydrogens is 400 g/mol. The number of carbonyl (C=O) groups excluding carboxylic acids is 2. The highest BCUT2D eigenvalue weighted by Crippen LogP contribution is 2.23. The fourth-order valence-corrected chi connectivity index (χ4v) is 3.08. The Morgan fingerprint density at radius 1 is 0.839 bits per heavy atom. The second-order valence-electron chi connectivity index (χ2n) is 9.57. The van der Waals surface area contributed by atoms with Crippen LogP contribution in [0, 0.1) is 4.91 Å². The van der Waals surface area contributed by atoms with Gasteiger partial charge in [-0.15, -0.1) is 0 Å². The number of ether oxygens (including phenoxy) is 2. The monoisotopic (exact) mass is 434 g/mol. The number of carbonyl (C=O) groups is 2. The van der Waals surface area contributed by atoms with Gasteiger partial charge in [0.1, 0.15) is 17.2 Å². The molecule has 1 heterocycles. The predicted molar refractivity (Wildman–Crippen MR) is 119 cm³/mol. The van der Waals surface area contributed by atoms with Gasteiger partial charge in [0, 0.05) is 18.8 Å². The first-order valence-corrected chi connectivity index (χ1v) is 10.5. The van der Waals surface area contributed by atoms with E-state index in [2.05, 4.69) is 10.1 Å². The van der Waals surface area contributed by atoms with Crippen molar-refractivity contribution in [3.05, 3.63) is 34.7 Å². The average molecular weight is 435 g/mol. The van der Waals surface area contributed by atoms with Crippen molar-refractivity contribution in [1.29, 1.82) is 0 Å². The number of nitroso groups, excluding NO2 is 1. The molecule has 9 nitrogen and oxygen atoms in total. The summed E-state index contributed by atoms with van der Waals surface area (Å²) in [5, 5.41) is 5.68. The Kier molecular flexibility index (Phi) is 7.51. The Bertz CT molecular complexity index is 745. The lowest BCUT2D eigenvalue weighted by atomic mass is 10.1. The Hall–Kier alpha value is -2.84. The van der Waals surface area contributed by atoms with Crippen LogP contribution in [-0.2, 0) is 9.47 Å². The van der Waals surface area contributed by atoms with E-state index in [0.717, 1.165) is 11.3 Å². The molecule has 1 fully saturated rings. The summed E-state index contributed by atoms with van der Waals surface area (Å²) in [6, 6.07) is 7.15. The van der Waals surface area contributed by atoms with Crippen LogP contribution in [0.5, 0.6) is 0 Å². The second kappa shape index (κ2) is 9.53. The lowest BCUT2D eigenvalue weighted by Gasteiger charge is -2.35. The van der Waals surface area contributed by atoms with Crippen LogP contribution in [-0.4, -0.2) is 59.6 Å². The first kappa shape index (κ1) is 24.4. The van der Waals surface area contributed by atoms with Gasteiger partial charge in [-0.3, -0.25) is 0 Å². The molecule has 0 bridgehead atoms. The molecule has 2 amide bonds. The van der Waals surface area contributed by atoms with Gasteiger partial charge in [0.05, 0.1) is 13.1 Å². The maximum Gasteiger partial charge on any atom is 0.429 e. The smallest absolute Gasteiger partial charge is 0.429 e. The fourth-order valence-electron chi connectivity index (χ4n) is 3.08. The third kappa shape index (κ3) is 7.11. The number of hydrogen-bond acceptors (Lipinski definition) is 7. The highest BCUT2D eigenvalue weighted by Gasteiger charge is 2.35. The van der Waals surface area contributed by atoms with Crippen molar-refractivity contribution in [2.45, 2.75) is 65.7 Å². The van der Waals surface area contributed by atoms with Gasteiger partial charge in [-0.25, -0.2) is 19.6 Å². The minimum atomic E-state index is -0.693. The van der Waals surface area contributed by atoms with Crippen LogP contribution >= 0.6 is 0 Å². The van der Waals surface area contributed by atoms with Crippen LogP contribution in [0.2, 0.25) is 0 Å². The Morgan fingerprint density at radius 2 is 1.26 bits per heavy atom. The van der Waals surface area contributed by atoms with Crippen molar-refractivity contribution in [3.8, 4) is 0 Å². The van der Waals surface area contributed by atoms with Gasteiger partial charge in [-0.2, -0.15) is 4.91 Å². The van der Waals surface area contributed by atoms with Gasteiger partial charge in [-0.05, 0) is 66.2 Å². The van der Waals surface area contributed by atoms with Gasteiger partial charge in [-0.1, -0.05) is 17.3 Å². The summed E-state index contributed by atoms with van der Waals surface area (Å²) >= 11 is 0. The van der Waals surface area contributed by atoms with E-state index >= 15 is 0 Å². The quantitative estimate of drug-likeness (QED) is 0.639. The molecule has 1 saturated heterocycles. The summed E-state index contributed by atoms with van der Waals surface area (Å²) in [6.07, 6.45) is -1.19. The van der Waals surface area contributed by atoms with E-state index in [1.165, 1.54) is 10.0 Å². The Labute approximate surface area is 184 Å². The minimum absolute atomic E-state index is 0.252. The first-order valence-electron chi connectivity index (χ1n) is 10.5. The second-order valence-corrected chi connectivity index (χ2v) is 9.57. The van der Waals surface area contributed by atoms with E-state index in [4.69, 9.17) is 9.47 Å². The molecule has 0 aromatic heterocycles. The predicted octanol–water partition coefficient (Wildman–Crippen LogP) is 4.72. The number of anilines is 1. The van der Waals surface area contributed by atoms with Crippen LogP contribution in [0.4, 0.5) is 15.3 Å². The Morgan fingerprint density at radius 3 is 1.61 bits per heavy atom. The largest absolute Gasteiger partial charge is 0.442 e. The standard InChI is InChI=1S/C22H34N4O5/c1-16(23-29)17-8-10-18(11-9-17)24-12-14-25(19(27)30-21(2,3)4)26(15-13-24)20(28)31-22(5,6)7/h8-11,16H,12-15H2,1-7H3. The van der Waals surface area contributed by atoms with Crippen LogP contribution in [0.15, 0.2) is 29.4 Å². The zero-order valence-corrected chi connectivity index (χ0v) is 19.5. The molecule has 1 aliphatic rings. The van der Waals surface area contributed by atoms with E-state index < -0.39 is 29.4 Å². The van der Waals surface area contributed by atoms with Crippen molar-refractivity contribution >= 4 is 17.9 Å². The lowest BCUT2D eigenvalue weighted by molar-refractivity contribution is -0.0572. The van der Waals surface area contributed by atoms with Gasteiger partial charge >= 0.3 is 12.2 Å². The normalized spacial score (nSPS) is 16.4. The third-order valence-electron chi connectivity index (χ3n) is 4.56. The Balaban J connectivity index is 2.23. The van der Waals surface area contributed by atoms with Crippen molar-refractivity contribution in [2.75, 3.05) is 31.1 Å². The maximum absolute atomic E-state index is 12.8. The number of rotatable bonds is 3. The van der Waals surface area contributed by atoms with Crippen LogP contribution in [0.3, 0.4) is 0 Å². The summed E-state index contributed by atoms with van der Waals surface area (Å²) < 4.78 is 11.0. The molecule has 9 heteroatoms. The molecule has 1 aromatic carbocycles. The summed E-state index contributed by atoms with van der Waals surface area (Å²) in [5.74, 6) is 0. The minimum Gasteiger partial charge on any atom is -0.442 e. The maximum atomic E-state index is 12.8. The third-order valence-corrected chi connectivity index (χ3v) is 4.56. The van der Waals surface area contributed by atoms with E-state index in [9.17, 15) is 14.5 Å². The molecule has 1 aliphatic heterocycles. The zero-order valence-electron chi connectivity index (χ0n) is 19.5. The molecule has 0 radical (unpaired) electrons. The topological polar surface area (TPSA) is 91.8 Å². The lowest BCUT2D eigenvalue weighted by Crippen LogP contribution is -2.53. The highest BCUT2D eigenvalue weighted by molar-refractivity contribution is 5.75. The summed E-state index contributed by atoms with van der Waals surface area (Å²) in [6.45, 7) is 13.9. The molecule has 1 unspecified atom stereocenters. The van der Waals surface area contributed by atoms with E-state index in [1.807, 2.05) is 24.3 Å². The van der Waals surface area contributed by atoms with Gasteiger partial charge in [0.2, 0.25) is 0 Å². The van der Waals surface area contributed by atoms with Crippen LogP contribution < -0.4 is 4.90 Å². The summed E-state index contributed by atoms with van der Waals surface area (Å²) in [7, 11) is 0. The SMILES string of the molecule is CC(N=O)c1ccc(N2CCN(C(=O)OC(C)(C)C)N(C(=O)OC(C)(C)C)CC2)cc1. The number of benzene rings is 1. The van der Waals surface area contributed by atoms with Crippen molar-refractivity contribution in [1.82, 2.24) is 10.0 Å². The van der Waals surface area contributed by atoms with Gasteiger partial charge in [0.15, 0.2) is 0 Å². The summed E-state index contributed by atoms with van der Waals surface area (Å²) in [5.41, 5.74) is 0.375. The first-order chi connectivity index (χ1) is 14.3. The van der Waals surface area contributed by atoms with Crippen molar-refractivity contribution < 1.29 is 19.1 Å². The average Bonchev–Trinajstić information content (AvgIpc) is 2.88. The van der Waals surface area contributed by atoms with Crippen LogP contribution in [0.1, 0.15) is 60.1 Å². The van der Waals surface area contributed by atoms with E-state index in [-0.39, 0.29) is 13.1 Å². The van der Waals surface area contributed by atoms with Gasteiger partial charge in [0.25, 0.3) is 0 Å². The van der Waals surface area contributed by atoms with Crippen molar-refractivity contribution in [2.24, 2.45) is 5.18 Å². The van der Waals surface area contributed by atoms with E-state index in [1.54, 1.807) is 48.5 Å². The van der Waals surface area contributed by atoms with Crippen LogP contribution in [0.25, 0.3) is 0 Å². The number of nitrogens with zero attached hydrogens (tertiary/aromatic N) is 4. The molecule has 1 aromatic rings. The number of amides is 2. The number of hydrogen-bond donors (Lipinski definition) is 0. The molecule has 2 rings (SSSR count). The molecule has 31 heavy (non-hydrogen) atoms. The fraction of sp³-hybridized carbons (Fsp3) is 0.636. The molecule has 172 valence electrons.